The molecule has 0 unspecified atom stereocenters. The Balaban J connectivity index is 1.21. The first-order chi connectivity index (χ1) is 19.0. The van der Waals surface area contributed by atoms with Crippen LogP contribution in [-0.4, -0.2) is 77.7 Å². The van der Waals surface area contributed by atoms with Crippen LogP contribution in [0.15, 0.2) is 31.0 Å². The third kappa shape index (κ3) is 3.45. The number of hydrogen-bond donors (Lipinski definition) is 0. The van der Waals surface area contributed by atoms with Gasteiger partial charge in [0.1, 0.15) is 24.0 Å². The molecule has 1 spiro atoms. The molecule has 0 aromatic carbocycles. The maximum absolute atomic E-state index is 13.9. The minimum atomic E-state index is -0.661. The number of carbonyl (C=O) groups is 1. The summed E-state index contributed by atoms with van der Waals surface area (Å²) in [5.74, 6) is 2.55. The summed E-state index contributed by atoms with van der Waals surface area (Å²) in [5, 5.41) is 26.5. The van der Waals surface area contributed by atoms with Gasteiger partial charge in [0, 0.05) is 48.8 Å². The second kappa shape index (κ2) is 8.69. The minimum Gasteiger partial charge on any atom is -0.350 e. The number of aromatic nitrogens is 7. The summed E-state index contributed by atoms with van der Waals surface area (Å²) in [6.45, 7) is 6.32. The normalized spacial score (nSPS) is 24.6. The number of nitriles is 1. The van der Waals surface area contributed by atoms with Crippen LogP contribution in [-0.2, 0) is 15.7 Å². The largest absolute Gasteiger partial charge is 0.350 e. The number of nitrogens with zero attached hydrogens (tertiary/aromatic N) is 11. The van der Waals surface area contributed by atoms with Gasteiger partial charge in [0.05, 0.1) is 24.2 Å². The fourth-order valence-electron chi connectivity index (χ4n) is 6.89. The van der Waals surface area contributed by atoms with Gasteiger partial charge in [-0.1, -0.05) is 6.42 Å². The molecule has 3 aromatic rings. The van der Waals surface area contributed by atoms with E-state index in [2.05, 4.69) is 50.1 Å². The Morgan fingerprint density at radius 3 is 2.44 bits per heavy atom. The first kappa shape index (κ1) is 23.9. The molecule has 39 heavy (non-hydrogen) atoms. The maximum atomic E-state index is 13.9. The van der Waals surface area contributed by atoms with Crippen LogP contribution in [0.4, 0.5) is 17.5 Å². The summed E-state index contributed by atoms with van der Waals surface area (Å²) in [5.41, 5.74) is 0.928. The molecule has 2 atom stereocenters. The van der Waals surface area contributed by atoms with Crippen LogP contribution < -0.4 is 9.80 Å². The van der Waals surface area contributed by atoms with Crippen molar-refractivity contribution in [3.05, 3.63) is 42.1 Å². The van der Waals surface area contributed by atoms with Crippen molar-refractivity contribution in [3.63, 3.8) is 0 Å². The highest BCUT2D eigenvalue weighted by molar-refractivity contribution is 5.86. The van der Waals surface area contributed by atoms with Crippen LogP contribution in [0.25, 0.3) is 0 Å². The molecule has 7 rings (SSSR count). The lowest BCUT2D eigenvalue weighted by Crippen LogP contribution is -2.64. The summed E-state index contributed by atoms with van der Waals surface area (Å²) >= 11 is 0. The van der Waals surface area contributed by atoms with Crippen LogP contribution in [0.2, 0.25) is 0 Å². The molecule has 3 aromatic heterocycles. The molecule has 0 bridgehead atoms. The zero-order valence-corrected chi connectivity index (χ0v) is 22.2. The molecule has 1 saturated heterocycles. The highest BCUT2D eigenvalue weighted by Crippen LogP contribution is 2.56. The smallest absolute Gasteiger partial charge is 0.252 e. The van der Waals surface area contributed by atoms with Gasteiger partial charge in [-0.05, 0) is 46.0 Å². The fraction of sp³-hybridized carbons (Fsp3) is 0.556. The van der Waals surface area contributed by atoms with Crippen molar-refractivity contribution in [2.45, 2.75) is 75.4 Å². The Morgan fingerprint density at radius 2 is 1.77 bits per heavy atom. The van der Waals surface area contributed by atoms with Crippen LogP contribution in [0.3, 0.4) is 0 Å². The molecule has 12 heteroatoms. The minimum absolute atomic E-state index is 0.000348. The SMILES string of the molecule is C[C@@H]1CN(c2ncnc3c2C2(CCC2)CN3c2cc(C#N)cnn2)[C@@H](C)CN1C(=O)C1(n2nccn2)CCC1. The molecule has 0 N–H and O–H groups in total. The van der Waals surface area contributed by atoms with Gasteiger partial charge in [-0.3, -0.25) is 4.79 Å². The van der Waals surface area contributed by atoms with E-state index in [1.54, 1.807) is 29.6 Å². The molecule has 3 fully saturated rings. The van der Waals surface area contributed by atoms with E-state index in [4.69, 9.17) is 9.97 Å². The Morgan fingerprint density at radius 1 is 1.03 bits per heavy atom. The number of amides is 1. The summed E-state index contributed by atoms with van der Waals surface area (Å²) in [7, 11) is 0. The van der Waals surface area contributed by atoms with Crippen LogP contribution in [0.1, 0.15) is 63.5 Å². The average molecular weight is 526 g/mol. The third-order valence-corrected chi connectivity index (χ3v) is 9.31. The number of carbonyl (C=O) groups excluding carboxylic acids is 1. The summed E-state index contributed by atoms with van der Waals surface area (Å²) in [6, 6.07) is 4.01. The third-order valence-electron chi connectivity index (χ3n) is 9.31. The van der Waals surface area contributed by atoms with E-state index in [0.717, 1.165) is 62.3 Å². The van der Waals surface area contributed by atoms with Crippen molar-refractivity contribution in [1.82, 2.24) is 40.1 Å². The molecule has 4 aliphatic rings. The van der Waals surface area contributed by atoms with E-state index in [-0.39, 0.29) is 23.4 Å². The number of hydrogen-bond acceptors (Lipinski definition) is 10. The lowest BCUT2D eigenvalue weighted by molar-refractivity contribution is -0.150. The van der Waals surface area contributed by atoms with Crippen molar-refractivity contribution in [2.24, 2.45) is 0 Å². The number of rotatable bonds is 4. The van der Waals surface area contributed by atoms with Gasteiger partial charge in [0.15, 0.2) is 11.4 Å². The van der Waals surface area contributed by atoms with Gasteiger partial charge in [0.25, 0.3) is 5.91 Å². The zero-order chi connectivity index (χ0) is 26.8. The van der Waals surface area contributed by atoms with E-state index >= 15 is 0 Å². The van der Waals surface area contributed by atoms with Crippen molar-refractivity contribution < 1.29 is 4.79 Å². The van der Waals surface area contributed by atoms with Gasteiger partial charge in [-0.25, -0.2) is 9.97 Å². The van der Waals surface area contributed by atoms with Crippen molar-refractivity contribution in [1.29, 1.82) is 5.26 Å². The van der Waals surface area contributed by atoms with Crippen LogP contribution >= 0.6 is 0 Å². The zero-order valence-electron chi connectivity index (χ0n) is 22.2. The highest BCUT2D eigenvalue weighted by Gasteiger charge is 2.54. The Hall–Kier alpha value is -4.14. The lowest BCUT2D eigenvalue weighted by atomic mass is 9.66. The van der Waals surface area contributed by atoms with Crippen LogP contribution in [0.5, 0.6) is 0 Å². The number of anilines is 3. The number of fused-ring (bicyclic) bond motifs is 2. The van der Waals surface area contributed by atoms with Crippen molar-refractivity contribution in [2.75, 3.05) is 29.4 Å². The fourth-order valence-corrected chi connectivity index (χ4v) is 6.89. The molecule has 12 nitrogen and oxygen atoms in total. The quantitative estimate of drug-likeness (QED) is 0.500. The maximum Gasteiger partial charge on any atom is 0.252 e. The van der Waals surface area contributed by atoms with Gasteiger partial charge >= 0.3 is 0 Å². The van der Waals surface area contributed by atoms with Gasteiger partial charge in [0.2, 0.25) is 0 Å². The Kier molecular flexibility index (Phi) is 5.33. The average Bonchev–Trinajstić information content (AvgIpc) is 3.56. The van der Waals surface area contributed by atoms with Gasteiger partial charge in [-0.15, -0.1) is 5.10 Å². The summed E-state index contributed by atoms with van der Waals surface area (Å²) in [6.07, 6.45) is 12.2. The monoisotopic (exact) mass is 525 g/mol. The standard InChI is InChI=1S/C27H31N11O/c1-18-15-36(25(39)27(7-4-8-27)38-32-9-10-33-38)19(2)14-35(18)23-22-24(30-17-29-23)37(16-26(22)5-3-6-26)21-11-20(12-28)13-31-34-21/h9-11,13,17-19H,3-8,14-16H2,1-2H3/t18-,19+/m0/s1. The van der Waals surface area contributed by atoms with E-state index < -0.39 is 5.54 Å². The van der Waals surface area contributed by atoms with E-state index in [1.165, 1.54) is 6.20 Å². The molecule has 200 valence electrons. The first-order valence-corrected chi connectivity index (χ1v) is 13.8. The predicted octanol–water partition coefficient (Wildman–Crippen LogP) is 2.31. The van der Waals surface area contributed by atoms with E-state index in [0.29, 0.717) is 24.5 Å². The molecule has 0 radical (unpaired) electrons. The first-order valence-electron chi connectivity index (χ1n) is 13.8. The topological polar surface area (TPSA) is 133 Å². The van der Waals surface area contributed by atoms with E-state index in [1.807, 2.05) is 4.90 Å². The predicted molar refractivity (Wildman–Crippen MR) is 141 cm³/mol. The van der Waals surface area contributed by atoms with Crippen molar-refractivity contribution in [3.8, 4) is 6.07 Å². The number of piperazine rings is 1. The molecule has 5 heterocycles. The van der Waals surface area contributed by atoms with Crippen molar-refractivity contribution >= 4 is 23.4 Å². The summed E-state index contributed by atoms with van der Waals surface area (Å²) < 4.78 is 0. The Bertz CT molecular complexity index is 1460. The van der Waals surface area contributed by atoms with E-state index in [9.17, 15) is 10.1 Å². The molecule has 1 amide bonds. The molecule has 2 aliphatic heterocycles. The second-order valence-electron chi connectivity index (χ2n) is 11.5. The highest BCUT2D eigenvalue weighted by atomic mass is 16.2. The molecular weight excluding hydrogens is 494 g/mol. The van der Waals surface area contributed by atoms with Gasteiger partial charge in [-0.2, -0.15) is 25.4 Å². The lowest BCUT2D eigenvalue weighted by Gasteiger charge is -2.50. The summed E-state index contributed by atoms with van der Waals surface area (Å²) in [4.78, 5) is 31.6. The van der Waals surface area contributed by atoms with Gasteiger partial charge < -0.3 is 14.7 Å². The van der Waals surface area contributed by atoms with Crippen LogP contribution in [0, 0.1) is 11.3 Å². The molecular formula is C27H31N11O. The second-order valence-corrected chi connectivity index (χ2v) is 11.5. The Labute approximate surface area is 226 Å². The molecule has 2 aliphatic carbocycles. The molecule has 2 saturated carbocycles.